The molecule has 0 saturated carbocycles. The normalized spacial score (nSPS) is 16.4. The molecular formula is C15H15N3O3. The number of amides is 1. The van der Waals surface area contributed by atoms with Gasteiger partial charge >= 0.3 is 0 Å². The van der Waals surface area contributed by atoms with Crippen LogP contribution < -0.4 is 0 Å². The van der Waals surface area contributed by atoms with Crippen molar-refractivity contribution < 1.29 is 15.0 Å². The summed E-state index contributed by atoms with van der Waals surface area (Å²) in [5.41, 5.74) is -0.0585. The number of nitrogens with zero attached hydrogens (tertiary/aromatic N) is 3. The first kappa shape index (κ1) is 13.7. The maximum absolute atomic E-state index is 12.3. The van der Waals surface area contributed by atoms with Gasteiger partial charge in [-0.1, -0.05) is 30.3 Å². The van der Waals surface area contributed by atoms with Crippen LogP contribution >= 0.6 is 0 Å². The molecule has 2 N–H and O–H groups in total. The summed E-state index contributed by atoms with van der Waals surface area (Å²) in [6.07, 6.45) is 1.54. The van der Waals surface area contributed by atoms with E-state index in [9.17, 15) is 9.90 Å². The van der Waals surface area contributed by atoms with Gasteiger partial charge in [-0.2, -0.15) is 0 Å². The van der Waals surface area contributed by atoms with E-state index in [4.69, 9.17) is 5.11 Å². The van der Waals surface area contributed by atoms with Gasteiger partial charge in [-0.05, 0) is 6.07 Å². The number of aromatic nitrogens is 2. The number of carbonyl (C=O) groups is 1. The van der Waals surface area contributed by atoms with E-state index >= 15 is 0 Å². The number of hydrogen-bond acceptors (Lipinski definition) is 5. The molecule has 6 nitrogen and oxygen atoms in total. The van der Waals surface area contributed by atoms with Crippen molar-refractivity contribution in [2.75, 3.05) is 19.7 Å². The number of benzene rings is 1. The van der Waals surface area contributed by atoms with Crippen molar-refractivity contribution in [3.8, 4) is 11.4 Å². The third kappa shape index (κ3) is 2.63. The van der Waals surface area contributed by atoms with Crippen LogP contribution in [0.2, 0.25) is 0 Å². The second kappa shape index (κ2) is 5.23. The largest absolute Gasteiger partial charge is 0.393 e. The quantitative estimate of drug-likeness (QED) is 0.848. The summed E-state index contributed by atoms with van der Waals surface area (Å²) < 4.78 is 0. The van der Waals surface area contributed by atoms with E-state index < -0.39 is 5.60 Å². The summed E-state index contributed by atoms with van der Waals surface area (Å²) >= 11 is 0. The number of carbonyl (C=O) groups excluding carboxylic acids is 1. The maximum atomic E-state index is 12.3. The number of hydrogen-bond donors (Lipinski definition) is 2. The molecule has 0 radical (unpaired) electrons. The molecule has 2 heterocycles. The second-order valence-corrected chi connectivity index (χ2v) is 5.18. The highest BCUT2D eigenvalue weighted by atomic mass is 16.3. The molecule has 1 aromatic heterocycles. The van der Waals surface area contributed by atoms with E-state index in [2.05, 4.69) is 9.97 Å². The summed E-state index contributed by atoms with van der Waals surface area (Å²) in [5, 5.41) is 18.7. The van der Waals surface area contributed by atoms with Crippen LogP contribution in [0, 0.1) is 0 Å². The maximum Gasteiger partial charge on any atom is 0.272 e. The lowest BCUT2D eigenvalue weighted by Crippen LogP contribution is -2.65. The van der Waals surface area contributed by atoms with Gasteiger partial charge in [-0.3, -0.25) is 4.79 Å². The summed E-state index contributed by atoms with van der Waals surface area (Å²) in [4.78, 5) is 22.2. The van der Waals surface area contributed by atoms with Crippen LogP contribution in [0.1, 0.15) is 10.5 Å². The zero-order valence-corrected chi connectivity index (χ0v) is 11.3. The van der Waals surface area contributed by atoms with Crippen LogP contribution in [0.3, 0.4) is 0 Å². The van der Waals surface area contributed by atoms with Crippen LogP contribution in [0.15, 0.2) is 42.6 Å². The zero-order valence-electron chi connectivity index (χ0n) is 11.3. The van der Waals surface area contributed by atoms with Crippen molar-refractivity contribution in [3.05, 3.63) is 48.3 Å². The Morgan fingerprint density at radius 2 is 1.95 bits per heavy atom. The van der Waals surface area contributed by atoms with Gasteiger partial charge in [0.15, 0.2) is 5.82 Å². The fraction of sp³-hybridized carbons (Fsp3) is 0.267. The predicted molar refractivity (Wildman–Crippen MR) is 75.4 cm³/mol. The van der Waals surface area contributed by atoms with Crippen molar-refractivity contribution in [1.82, 2.24) is 14.9 Å². The Morgan fingerprint density at radius 3 is 2.62 bits per heavy atom. The standard InChI is InChI=1S/C15H15N3O3/c19-10-15(21)8-18(9-15)14(20)12-6-7-16-13(17-12)11-4-2-1-3-5-11/h1-7,19,21H,8-10H2. The molecule has 1 amide bonds. The molecule has 0 aliphatic carbocycles. The molecule has 0 spiro atoms. The van der Waals surface area contributed by atoms with Crippen molar-refractivity contribution in [2.24, 2.45) is 0 Å². The summed E-state index contributed by atoms with van der Waals surface area (Å²) in [7, 11) is 0. The number of likely N-dealkylation sites (tertiary alicyclic amines) is 1. The number of aliphatic hydroxyl groups excluding tert-OH is 1. The second-order valence-electron chi connectivity index (χ2n) is 5.18. The molecule has 0 atom stereocenters. The smallest absolute Gasteiger partial charge is 0.272 e. The molecule has 2 aromatic rings. The zero-order chi connectivity index (χ0) is 14.9. The fourth-order valence-electron chi connectivity index (χ4n) is 2.27. The van der Waals surface area contributed by atoms with E-state index in [1.807, 2.05) is 30.3 Å². The Hall–Kier alpha value is -2.31. The van der Waals surface area contributed by atoms with Gasteiger partial charge in [0.25, 0.3) is 5.91 Å². The van der Waals surface area contributed by atoms with Gasteiger partial charge < -0.3 is 15.1 Å². The molecule has 3 rings (SSSR count). The van der Waals surface area contributed by atoms with E-state index in [-0.39, 0.29) is 31.3 Å². The molecule has 21 heavy (non-hydrogen) atoms. The molecule has 6 heteroatoms. The van der Waals surface area contributed by atoms with Crippen molar-refractivity contribution in [2.45, 2.75) is 5.60 Å². The first-order valence-corrected chi connectivity index (χ1v) is 6.62. The first-order valence-electron chi connectivity index (χ1n) is 6.62. The Balaban J connectivity index is 1.80. The predicted octanol–water partition coefficient (Wildman–Crippen LogP) is 0.323. The Morgan fingerprint density at radius 1 is 1.24 bits per heavy atom. The van der Waals surface area contributed by atoms with E-state index in [0.717, 1.165) is 5.56 Å². The van der Waals surface area contributed by atoms with Gasteiger partial charge in [0, 0.05) is 11.8 Å². The van der Waals surface area contributed by atoms with E-state index in [0.29, 0.717) is 5.82 Å². The average Bonchev–Trinajstić information content (AvgIpc) is 2.52. The van der Waals surface area contributed by atoms with Gasteiger partial charge in [0.05, 0.1) is 19.7 Å². The Labute approximate surface area is 121 Å². The third-order valence-corrected chi connectivity index (χ3v) is 3.46. The topological polar surface area (TPSA) is 86.6 Å². The Kier molecular flexibility index (Phi) is 3.40. The SMILES string of the molecule is O=C(c1ccnc(-c2ccccc2)n1)N1CC(O)(CO)C1. The molecule has 1 aliphatic rings. The number of rotatable bonds is 3. The molecular weight excluding hydrogens is 270 g/mol. The molecule has 0 bridgehead atoms. The minimum absolute atomic E-state index is 0.118. The minimum atomic E-state index is -1.18. The summed E-state index contributed by atoms with van der Waals surface area (Å²) in [6, 6.07) is 10.9. The van der Waals surface area contributed by atoms with Crippen molar-refractivity contribution in [3.63, 3.8) is 0 Å². The van der Waals surface area contributed by atoms with Gasteiger partial charge in [0.2, 0.25) is 0 Å². The molecule has 1 saturated heterocycles. The van der Waals surface area contributed by atoms with Crippen LogP contribution in [0.4, 0.5) is 0 Å². The average molecular weight is 285 g/mol. The Bertz CT molecular complexity index is 654. The lowest BCUT2D eigenvalue weighted by Gasteiger charge is -2.45. The molecule has 1 fully saturated rings. The van der Waals surface area contributed by atoms with E-state index in [1.54, 1.807) is 12.3 Å². The molecule has 1 aliphatic heterocycles. The lowest BCUT2D eigenvalue weighted by molar-refractivity contribution is -0.110. The van der Waals surface area contributed by atoms with Crippen LogP contribution in [-0.4, -0.2) is 56.3 Å². The molecule has 1 aromatic carbocycles. The summed E-state index contributed by atoms with van der Waals surface area (Å²) in [6.45, 7) is -0.115. The van der Waals surface area contributed by atoms with Crippen LogP contribution in [0.25, 0.3) is 11.4 Å². The van der Waals surface area contributed by atoms with Crippen LogP contribution in [-0.2, 0) is 0 Å². The summed E-state index contributed by atoms with van der Waals surface area (Å²) in [5.74, 6) is 0.215. The highest BCUT2D eigenvalue weighted by Gasteiger charge is 2.43. The number of aliphatic hydroxyl groups is 2. The van der Waals surface area contributed by atoms with Crippen molar-refractivity contribution >= 4 is 5.91 Å². The highest BCUT2D eigenvalue weighted by Crippen LogP contribution is 2.22. The van der Waals surface area contributed by atoms with E-state index in [1.165, 1.54) is 4.90 Å². The van der Waals surface area contributed by atoms with Gasteiger partial charge in [0.1, 0.15) is 11.3 Å². The van der Waals surface area contributed by atoms with Gasteiger partial charge in [-0.15, -0.1) is 0 Å². The monoisotopic (exact) mass is 285 g/mol. The van der Waals surface area contributed by atoms with Crippen LogP contribution in [0.5, 0.6) is 0 Å². The lowest BCUT2D eigenvalue weighted by atomic mass is 9.95. The van der Waals surface area contributed by atoms with Crippen molar-refractivity contribution in [1.29, 1.82) is 0 Å². The first-order chi connectivity index (χ1) is 10.1. The minimum Gasteiger partial charge on any atom is -0.393 e. The fourth-order valence-corrected chi connectivity index (χ4v) is 2.27. The number of β-amino-alcohol motifs (C(OH)–C–C–N with tert-alkyl or cyclic N) is 1. The highest BCUT2D eigenvalue weighted by molar-refractivity contribution is 5.93. The molecule has 108 valence electrons. The third-order valence-electron chi connectivity index (χ3n) is 3.46. The van der Waals surface area contributed by atoms with Gasteiger partial charge in [-0.25, -0.2) is 9.97 Å². The molecule has 0 unspecified atom stereocenters.